The molecule has 1 rings (SSSR count). The van der Waals surface area contributed by atoms with Crippen molar-refractivity contribution in [1.29, 1.82) is 0 Å². The van der Waals surface area contributed by atoms with Crippen LogP contribution in [0.3, 0.4) is 0 Å². The lowest BCUT2D eigenvalue weighted by molar-refractivity contribution is -0.118. The molecular formula is C11H20O2. The van der Waals surface area contributed by atoms with Gasteiger partial charge in [-0.3, -0.25) is 0 Å². The Morgan fingerprint density at radius 2 is 2.00 bits per heavy atom. The number of hydrogen-bond acceptors (Lipinski definition) is 2. The number of aliphatic hydroxyl groups is 1. The zero-order valence-electron chi connectivity index (χ0n) is 8.46. The number of carbonyl (C=O) groups is 1. The van der Waals surface area contributed by atoms with Crippen molar-refractivity contribution in [3.63, 3.8) is 0 Å². The van der Waals surface area contributed by atoms with Crippen LogP contribution in [-0.4, -0.2) is 17.5 Å². The van der Waals surface area contributed by atoms with Gasteiger partial charge in [-0.05, 0) is 32.6 Å². The highest BCUT2D eigenvalue weighted by Crippen LogP contribution is 2.38. The van der Waals surface area contributed by atoms with E-state index in [1.807, 2.05) is 0 Å². The van der Waals surface area contributed by atoms with Crippen molar-refractivity contribution < 1.29 is 9.90 Å². The van der Waals surface area contributed by atoms with Crippen LogP contribution in [0.1, 0.15) is 51.9 Å². The summed E-state index contributed by atoms with van der Waals surface area (Å²) < 4.78 is 0. The molecule has 1 aliphatic carbocycles. The van der Waals surface area contributed by atoms with E-state index < -0.39 is 0 Å². The largest absolute Gasteiger partial charge is 0.393 e. The minimum atomic E-state index is -0.265. The number of carbonyl (C=O) groups excluding carboxylic acids is 1. The van der Waals surface area contributed by atoms with Crippen LogP contribution in [0.4, 0.5) is 0 Å². The van der Waals surface area contributed by atoms with Gasteiger partial charge < -0.3 is 9.90 Å². The Labute approximate surface area is 80.3 Å². The molecule has 76 valence electrons. The Bertz CT molecular complexity index is 157. The zero-order valence-corrected chi connectivity index (χ0v) is 8.46. The van der Waals surface area contributed by atoms with Crippen LogP contribution < -0.4 is 0 Å². The third-order valence-electron chi connectivity index (χ3n) is 3.16. The van der Waals surface area contributed by atoms with E-state index in [0.717, 1.165) is 32.0 Å². The highest BCUT2D eigenvalue weighted by Gasteiger charge is 2.31. The summed E-state index contributed by atoms with van der Waals surface area (Å²) in [5.41, 5.74) is -0.0881. The van der Waals surface area contributed by atoms with Crippen molar-refractivity contribution in [2.45, 2.75) is 58.0 Å². The van der Waals surface area contributed by atoms with Gasteiger partial charge in [-0.15, -0.1) is 0 Å². The second-order valence-electron chi connectivity index (χ2n) is 4.43. The molecule has 1 N–H and O–H groups in total. The summed E-state index contributed by atoms with van der Waals surface area (Å²) >= 11 is 0. The molecule has 2 nitrogen and oxygen atoms in total. The summed E-state index contributed by atoms with van der Waals surface area (Å²) in [6.07, 6.45) is 8.19. The lowest BCUT2D eigenvalue weighted by atomic mass is 9.72. The fourth-order valence-corrected chi connectivity index (χ4v) is 2.18. The topological polar surface area (TPSA) is 37.3 Å². The highest BCUT2D eigenvalue weighted by atomic mass is 16.3. The molecule has 1 fully saturated rings. The van der Waals surface area contributed by atoms with Gasteiger partial charge in [0.25, 0.3) is 0 Å². The monoisotopic (exact) mass is 184 g/mol. The van der Waals surface area contributed by atoms with Crippen LogP contribution >= 0.6 is 0 Å². The van der Waals surface area contributed by atoms with Gasteiger partial charge in [0.05, 0.1) is 6.10 Å². The van der Waals surface area contributed by atoms with Crippen LogP contribution in [0.15, 0.2) is 0 Å². The third-order valence-corrected chi connectivity index (χ3v) is 3.16. The first kappa shape index (κ1) is 10.7. The van der Waals surface area contributed by atoms with E-state index in [2.05, 4.69) is 0 Å². The van der Waals surface area contributed by atoms with E-state index in [-0.39, 0.29) is 11.5 Å². The van der Waals surface area contributed by atoms with Gasteiger partial charge in [-0.1, -0.05) is 19.3 Å². The van der Waals surface area contributed by atoms with Crippen molar-refractivity contribution in [2.24, 2.45) is 5.41 Å². The quantitative estimate of drug-likeness (QED) is 0.681. The molecule has 0 aliphatic heterocycles. The predicted octanol–water partition coefficient (Wildman–Crippen LogP) is 2.30. The van der Waals surface area contributed by atoms with E-state index in [4.69, 9.17) is 0 Å². The van der Waals surface area contributed by atoms with Crippen LogP contribution in [0.5, 0.6) is 0 Å². The predicted molar refractivity (Wildman–Crippen MR) is 52.5 cm³/mol. The minimum Gasteiger partial charge on any atom is -0.393 e. The Kier molecular flexibility index (Phi) is 3.91. The van der Waals surface area contributed by atoms with Gasteiger partial charge in [-0.2, -0.15) is 0 Å². The Morgan fingerprint density at radius 3 is 2.46 bits per heavy atom. The van der Waals surface area contributed by atoms with Crippen LogP contribution in [0.25, 0.3) is 0 Å². The molecule has 0 spiro atoms. The fourth-order valence-electron chi connectivity index (χ4n) is 2.18. The summed E-state index contributed by atoms with van der Waals surface area (Å²) in [5.74, 6) is 0. The third kappa shape index (κ3) is 3.11. The Morgan fingerprint density at radius 1 is 1.38 bits per heavy atom. The number of hydrogen-bond donors (Lipinski definition) is 1. The lowest BCUT2D eigenvalue weighted by Crippen LogP contribution is -2.26. The van der Waals surface area contributed by atoms with Gasteiger partial charge in [0.15, 0.2) is 0 Å². The smallest absolute Gasteiger partial charge is 0.126 e. The first-order valence-corrected chi connectivity index (χ1v) is 5.33. The van der Waals surface area contributed by atoms with E-state index >= 15 is 0 Å². The van der Waals surface area contributed by atoms with Crippen LogP contribution in [-0.2, 0) is 4.79 Å². The first-order chi connectivity index (χ1) is 6.18. The van der Waals surface area contributed by atoms with Crippen LogP contribution in [0.2, 0.25) is 0 Å². The van der Waals surface area contributed by atoms with Gasteiger partial charge >= 0.3 is 0 Å². The molecule has 1 unspecified atom stereocenters. The molecule has 1 aliphatic rings. The highest BCUT2D eigenvalue weighted by molar-refractivity contribution is 5.59. The maximum absolute atomic E-state index is 11.0. The van der Waals surface area contributed by atoms with E-state index in [9.17, 15) is 9.90 Å². The van der Waals surface area contributed by atoms with Crippen molar-refractivity contribution in [2.75, 3.05) is 0 Å². The average molecular weight is 184 g/mol. The summed E-state index contributed by atoms with van der Waals surface area (Å²) in [5, 5.41) is 9.18. The molecule has 1 saturated carbocycles. The molecule has 0 aromatic heterocycles. The molecule has 1 atom stereocenters. The maximum Gasteiger partial charge on any atom is 0.126 e. The van der Waals surface area contributed by atoms with E-state index in [0.29, 0.717) is 0 Å². The molecule has 2 heteroatoms. The molecule has 0 radical (unpaired) electrons. The van der Waals surface area contributed by atoms with Crippen molar-refractivity contribution in [1.82, 2.24) is 0 Å². The average Bonchev–Trinajstić information content (AvgIpc) is 2.16. The molecular weight excluding hydrogens is 164 g/mol. The second kappa shape index (κ2) is 4.75. The van der Waals surface area contributed by atoms with Crippen LogP contribution in [0, 0.1) is 5.41 Å². The molecule has 0 aromatic rings. The zero-order chi connectivity index (χ0) is 9.73. The number of aliphatic hydroxyl groups excluding tert-OH is 1. The standard InChI is InChI=1S/C11H20O2/c1-10(13)5-8-11(9-12)6-3-2-4-7-11/h9-10,13H,2-8H2,1H3. The molecule has 13 heavy (non-hydrogen) atoms. The molecule has 0 aromatic carbocycles. The van der Waals surface area contributed by atoms with Crippen molar-refractivity contribution in [3.8, 4) is 0 Å². The maximum atomic E-state index is 11.0. The van der Waals surface area contributed by atoms with Gasteiger partial charge in [0, 0.05) is 5.41 Å². The summed E-state index contributed by atoms with van der Waals surface area (Å²) in [4.78, 5) is 11.0. The lowest BCUT2D eigenvalue weighted by Gasteiger charge is -2.32. The first-order valence-electron chi connectivity index (χ1n) is 5.33. The second-order valence-corrected chi connectivity index (χ2v) is 4.43. The van der Waals surface area contributed by atoms with Crippen molar-refractivity contribution in [3.05, 3.63) is 0 Å². The van der Waals surface area contributed by atoms with Gasteiger partial charge in [-0.25, -0.2) is 0 Å². The Hall–Kier alpha value is -0.370. The SMILES string of the molecule is CC(O)CCC1(C=O)CCCCC1. The molecule has 0 heterocycles. The van der Waals surface area contributed by atoms with Gasteiger partial charge in [0.1, 0.15) is 6.29 Å². The molecule has 0 amide bonds. The summed E-state index contributed by atoms with van der Waals surface area (Å²) in [6, 6.07) is 0. The minimum absolute atomic E-state index is 0.0881. The number of rotatable bonds is 4. The molecule has 0 saturated heterocycles. The fraction of sp³-hybridized carbons (Fsp3) is 0.909. The van der Waals surface area contributed by atoms with Crippen molar-refractivity contribution >= 4 is 6.29 Å². The van der Waals surface area contributed by atoms with E-state index in [1.54, 1.807) is 6.92 Å². The van der Waals surface area contributed by atoms with Gasteiger partial charge in [0.2, 0.25) is 0 Å². The Balaban J connectivity index is 2.42. The number of aldehydes is 1. The molecule has 0 bridgehead atoms. The summed E-state index contributed by atoms with van der Waals surface area (Å²) in [6.45, 7) is 1.79. The normalized spacial score (nSPS) is 23.8. The summed E-state index contributed by atoms with van der Waals surface area (Å²) in [7, 11) is 0. The van der Waals surface area contributed by atoms with E-state index in [1.165, 1.54) is 19.3 Å².